The SMILES string of the molecule is CCCNC(C1=CCCCO1)C1CCCCC1(C)C. The molecule has 0 saturated heterocycles. The van der Waals surface area contributed by atoms with Crippen molar-refractivity contribution in [3.05, 3.63) is 11.8 Å². The molecule has 0 radical (unpaired) electrons. The average molecular weight is 265 g/mol. The van der Waals surface area contributed by atoms with E-state index in [0.717, 1.165) is 19.1 Å². The molecule has 0 bridgehead atoms. The van der Waals surface area contributed by atoms with Crippen molar-refractivity contribution < 1.29 is 4.74 Å². The molecule has 1 N–H and O–H groups in total. The van der Waals surface area contributed by atoms with Crippen LogP contribution in [0.3, 0.4) is 0 Å². The van der Waals surface area contributed by atoms with Gasteiger partial charge < -0.3 is 10.1 Å². The molecule has 1 heterocycles. The Morgan fingerprint density at radius 1 is 1.37 bits per heavy atom. The molecule has 2 aliphatic rings. The summed E-state index contributed by atoms with van der Waals surface area (Å²) in [6.45, 7) is 9.13. The van der Waals surface area contributed by atoms with Gasteiger partial charge in [-0.3, -0.25) is 0 Å². The molecule has 1 saturated carbocycles. The van der Waals surface area contributed by atoms with Crippen LogP contribution in [0, 0.1) is 11.3 Å². The van der Waals surface area contributed by atoms with E-state index in [1.54, 1.807) is 0 Å². The molecule has 0 aromatic heterocycles. The minimum Gasteiger partial charge on any atom is -0.497 e. The van der Waals surface area contributed by atoms with Crippen molar-refractivity contribution in [1.29, 1.82) is 0 Å². The highest BCUT2D eigenvalue weighted by Crippen LogP contribution is 2.44. The second-order valence-electron chi connectivity index (χ2n) is 6.87. The standard InChI is InChI=1S/C17H31NO/c1-4-12-18-16(15-10-6-8-13-19-15)14-9-5-7-11-17(14,2)3/h10,14,16,18H,4-9,11-13H2,1-3H3. The maximum Gasteiger partial charge on any atom is 0.109 e. The Morgan fingerprint density at radius 2 is 2.21 bits per heavy atom. The summed E-state index contributed by atoms with van der Waals surface area (Å²) in [5.74, 6) is 1.96. The van der Waals surface area contributed by atoms with Crippen LogP contribution in [-0.4, -0.2) is 19.2 Å². The minimum atomic E-state index is 0.436. The highest BCUT2D eigenvalue weighted by atomic mass is 16.5. The first-order valence-electron chi connectivity index (χ1n) is 8.21. The highest BCUT2D eigenvalue weighted by Gasteiger charge is 2.39. The first-order chi connectivity index (χ1) is 9.15. The van der Waals surface area contributed by atoms with Crippen LogP contribution in [0.4, 0.5) is 0 Å². The van der Waals surface area contributed by atoms with E-state index in [1.807, 2.05) is 0 Å². The van der Waals surface area contributed by atoms with Gasteiger partial charge in [0.1, 0.15) is 5.76 Å². The first-order valence-corrected chi connectivity index (χ1v) is 8.21. The molecule has 0 aromatic rings. The van der Waals surface area contributed by atoms with E-state index in [9.17, 15) is 0 Å². The van der Waals surface area contributed by atoms with Crippen LogP contribution in [-0.2, 0) is 4.74 Å². The molecule has 19 heavy (non-hydrogen) atoms. The fourth-order valence-corrected chi connectivity index (χ4v) is 3.67. The van der Waals surface area contributed by atoms with Crippen LogP contribution in [0.1, 0.15) is 65.7 Å². The summed E-state index contributed by atoms with van der Waals surface area (Å²) in [5.41, 5.74) is 0.436. The minimum absolute atomic E-state index is 0.436. The Labute approximate surface area is 119 Å². The number of hydrogen-bond acceptors (Lipinski definition) is 2. The summed E-state index contributed by atoms with van der Waals surface area (Å²) in [6, 6.07) is 0.440. The van der Waals surface area contributed by atoms with Crippen molar-refractivity contribution in [2.24, 2.45) is 11.3 Å². The second kappa shape index (κ2) is 6.78. The summed E-state index contributed by atoms with van der Waals surface area (Å²) in [6.07, 6.45) is 11.4. The Bertz CT molecular complexity index is 308. The molecule has 2 unspecified atom stereocenters. The summed E-state index contributed by atoms with van der Waals surface area (Å²) >= 11 is 0. The second-order valence-corrected chi connectivity index (χ2v) is 6.87. The Balaban J connectivity index is 2.13. The lowest BCUT2D eigenvalue weighted by Gasteiger charge is -2.44. The molecule has 0 aromatic carbocycles. The summed E-state index contributed by atoms with van der Waals surface area (Å²) in [7, 11) is 0. The van der Waals surface area contributed by atoms with Gasteiger partial charge in [-0.05, 0) is 56.1 Å². The van der Waals surface area contributed by atoms with Crippen LogP contribution >= 0.6 is 0 Å². The molecule has 1 aliphatic carbocycles. The van der Waals surface area contributed by atoms with Crippen LogP contribution in [0.5, 0.6) is 0 Å². The highest BCUT2D eigenvalue weighted by molar-refractivity contribution is 5.10. The Kier molecular flexibility index (Phi) is 5.32. The topological polar surface area (TPSA) is 21.3 Å². The molecule has 1 aliphatic heterocycles. The molecule has 0 spiro atoms. The van der Waals surface area contributed by atoms with E-state index >= 15 is 0 Å². The monoisotopic (exact) mass is 265 g/mol. The van der Waals surface area contributed by atoms with Crippen molar-refractivity contribution in [1.82, 2.24) is 5.32 Å². The maximum atomic E-state index is 5.98. The van der Waals surface area contributed by atoms with Gasteiger partial charge in [-0.15, -0.1) is 0 Å². The molecular formula is C17H31NO. The molecule has 2 rings (SSSR count). The molecule has 0 amide bonds. The van der Waals surface area contributed by atoms with E-state index in [4.69, 9.17) is 4.74 Å². The molecule has 2 nitrogen and oxygen atoms in total. The normalized spacial score (nSPS) is 28.4. The number of hydrogen-bond donors (Lipinski definition) is 1. The zero-order valence-corrected chi connectivity index (χ0v) is 13.0. The van der Waals surface area contributed by atoms with Crippen molar-refractivity contribution in [2.45, 2.75) is 71.8 Å². The predicted octanol–water partition coefficient (Wildman–Crippen LogP) is 4.27. The lowest BCUT2D eigenvalue weighted by molar-refractivity contribution is 0.0713. The zero-order valence-electron chi connectivity index (χ0n) is 13.0. The molecule has 2 heteroatoms. The van der Waals surface area contributed by atoms with E-state index in [-0.39, 0.29) is 0 Å². The molecular weight excluding hydrogens is 234 g/mol. The van der Waals surface area contributed by atoms with Gasteiger partial charge in [-0.2, -0.15) is 0 Å². The summed E-state index contributed by atoms with van der Waals surface area (Å²) < 4.78 is 5.98. The zero-order chi connectivity index (χ0) is 13.7. The summed E-state index contributed by atoms with van der Waals surface area (Å²) in [4.78, 5) is 0. The first kappa shape index (κ1) is 14.9. The van der Waals surface area contributed by atoms with Gasteiger partial charge in [-0.1, -0.05) is 33.6 Å². The lowest BCUT2D eigenvalue weighted by Crippen LogP contribution is -2.47. The number of allylic oxidation sites excluding steroid dienone is 1. The van der Waals surface area contributed by atoms with Crippen molar-refractivity contribution >= 4 is 0 Å². The predicted molar refractivity (Wildman–Crippen MR) is 81.1 cm³/mol. The van der Waals surface area contributed by atoms with Gasteiger partial charge in [0.05, 0.1) is 12.6 Å². The van der Waals surface area contributed by atoms with Gasteiger partial charge in [0.15, 0.2) is 0 Å². The quantitative estimate of drug-likeness (QED) is 0.801. The van der Waals surface area contributed by atoms with E-state index in [0.29, 0.717) is 11.5 Å². The average Bonchev–Trinajstić information content (AvgIpc) is 2.42. The third-order valence-corrected chi connectivity index (χ3v) is 4.88. The van der Waals surface area contributed by atoms with Crippen molar-refractivity contribution in [2.75, 3.05) is 13.2 Å². The van der Waals surface area contributed by atoms with Gasteiger partial charge in [-0.25, -0.2) is 0 Å². The Morgan fingerprint density at radius 3 is 2.84 bits per heavy atom. The van der Waals surface area contributed by atoms with Gasteiger partial charge in [0.2, 0.25) is 0 Å². The van der Waals surface area contributed by atoms with E-state index < -0.39 is 0 Å². The number of ether oxygens (including phenoxy) is 1. The fourth-order valence-electron chi connectivity index (χ4n) is 3.67. The fraction of sp³-hybridized carbons (Fsp3) is 0.882. The van der Waals surface area contributed by atoms with Crippen LogP contribution in [0.2, 0.25) is 0 Å². The van der Waals surface area contributed by atoms with Crippen LogP contribution < -0.4 is 5.32 Å². The number of nitrogens with one attached hydrogen (secondary N) is 1. The number of rotatable bonds is 5. The van der Waals surface area contributed by atoms with Crippen molar-refractivity contribution in [3.8, 4) is 0 Å². The lowest BCUT2D eigenvalue weighted by atomic mass is 9.65. The van der Waals surface area contributed by atoms with Gasteiger partial charge in [0.25, 0.3) is 0 Å². The molecule has 1 fully saturated rings. The van der Waals surface area contributed by atoms with Gasteiger partial charge in [0, 0.05) is 0 Å². The van der Waals surface area contributed by atoms with Crippen LogP contribution in [0.25, 0.3) is 0 Å². The molecule has 2 atom stereocenters. The van der Waals surface area contributed by atoms with E-state index in [1.165, 1.54) is 50.7 Å². The molecule has 110 valence electrons. The van der Waals surface area contributed by atoms with Gasteiger partial charge >= 0.3 is 0 Å². The van der Waals surface area contributed by atoms with Crippen molar-refractivity contribution in [3.63, 3.8) is 0 Å². The third-order valence-electron chi connectivity index (χ3n) is 4.88. The third kappa shape index (κ3) is 3.75. The smallest absolute Gasteiger partial charge is 0.109 e. The summed E-state index contributed by atoms with van der Waals surface area (Å²) in [5, 5.41) is 3.77. The van der Waals surface area contributed by atoms with E-state index in [2.05, 4.69) is 32.2 Å². The Hall–Kier alpha value is -0.500. The largest absolute Gasteiger partial charge is 0.497 e. The maximum absolute atomic E-state index is 5.98. The van der Waals surface area contributed by atoms with Crippen LogP contribution in [0.15, 0.2) is 11.8 Å².